The summed E-state index contributed by atoms with van der Waals surface area (Å²) in [5.74, 6) is -0.685. The lowest BCUT2D eigenvalue weighted by atomic mass is 9.76. The van der Waals surface area contributed by atoms with Gasteiger partial charge in [-0.15, -0.1) is 0 Å². The maximum atomic E-state index is 12.0. The molecule has 0 saturated carbocycles. The Morgan fingerprint density at radius 3 is 2.24 bits per heavy atom. The minimum atomic E-state index is -0.736. The second-order valence-electron chi connectivity index (χ2n) is 5.85. The van der Waals surface area contributed by atoms with Gasteiger partial charge in [-0.3, -0.25) is 9.59 Å². The fourth-order valence-corrected chi connectivity index (χ4v) is 1.74. The van der Waals surface area contributed by atoms with Crippen molar-refractivity contribution in [2.24, 2.45) is 10.8 Å². The quantitative estimate of drug-likeness (QED) is 0.369. The van der Waals surface area contributed by atoms with Crippen molar-refractivity contribution in [1.82, 2.24) is 0 Å². The van der Waals surface area contributed by atoms with Crippen LogP contribution in [0.3, 0.4) is 0 Å². The summed E-state index contributed by atoms with van der Waals surface area (Å²) in [4.78, 5) is 23.8. The van der Waals surface area contributed by atoms with E-state index < -0.39 is 16.8 Å². The van der Waals surface area contributed by atoms with Crippen molar-refractivity contribution in [3.05, 3.63) is 0 Å². The van der Waals surface area contributed by atoms with Crippen LogP contribution in [0.15, 0.2) is 0 Å². The summed E-state index contributed by atoms with van der Waals surface area (Å²) in [6.45, 7) is 6.90. The molecule has 0 aliphatic rings. The molecule has 6 heteroatoms. The number of carbonyl (C=O) groups is 2. The van der Waals surface area contributed by atoms with E-state index in [0.29, 0.717) is 19.3 Å². The predicted molar refractivity (Wildman–Crippen MR) is 76.0 cm³/mol. The van der Waals surface area contributed by atoms with Crippen LogP contribution in [0.5, 0.6) is 0 Å². The van der Waals surface area contributed by atoms with Crippen LogP contribution >= 0.6 is 0 Å². The zero-order chi connectivity index (χ0) is 16.5. The van der Waals surface area contributed by atoms with E-state index in [1.165, 1.54) is 7.11 Å². The van der Waals surface area contributed by atoms with Crippen LogP contribution in [0.25, 0.3) is 0 Å². The van der Waals surface area contributed by atoms with Crippen molar-refractivity contribution in [3.63, 3.8) is 0 Å². The number of nitrogens with zero attached hydrogens (tertiary/aromatic N) is 1. The van der Waals surface area contributed by atoms with Crippen LogP contribution in [-0.2, 0) is 23.8 Å². The first-order valence-corrected chi connectivity index (χ1v) is 6.94. The summed E-state index contributed by atoms with van der Waals surface area (Å²) in [5, 5.41) is 8.31. The minimum Gasteiger partial charge on any atom is -0.469 e. The highest BCUT2D eigenvalue weighted by molar-refractivity contribution is 5.77. The van der Waals surface area contributed by atoms with E-state index >= 15 is 0 Å². The van der Waals surface area contributed by atoms with Crippen LogP contribution in [-0.4, -0.2) is 32.4 Å². The molecular formula is C15H25NO5. The molecule has 6 nitrogen and oxygen atoms in total. The standard InChI is InChI=1S/C15H25NO5/c1-6-15(4,13(18)19-5)8-7-14(2,3)12(17)21-11-20-10-9-16/h6-8,10-11H2,1-5H3. The maximum absolute atomic E-state index is 12.0. The molecule has 0 aliphatic heterocycles. The van der Waals surface area contributed by atoms with E-state index in [2.05, 4.69) is 0 Å². The van der Waals surface area contributed by atoms with Crippen LogP contribution in [0.2, 0.25) is 0 Å². The van der Waals surface area contributed by atoms with Gasteiger partial charge in [-0.25, -0.2) is 0 Å². The molecule has 0 fully saturated rings. The highest BCUT2D eigenvalue weighted by Gasteiger charge is 2.37. The maximum Gasteiger partial charge on any atom is 0.313 e. The summed E-state index contributed by atoms with van der Waals surface area (Å²) in [6.07, 6.45) is 1.65. The molecular weight excluding hydrogens is 274 g/mol. The first-order valence-electron chi connectivity index (χ1n) is 6.94. The molecule has 120 valence electrons. The van der Waals surface area contributed by atoms with Crippen molar-refractivity contribution in [2.75, 3.05) is 20.5 Å². The van der Waals surface area contributed by atoms with Gasteiger partial charge in [-0.05, 0) is 40.0 Å². The summed E-state index contributed by atoms with van der Waals surface area (Å²) >= 11 is 0. The number of hydrogen-bond acceptors (Lipinski definition) is 6. The van der Waals surface area contributed by atoms with Gasteiger partial charge in [-0.2, -0.15) is 5.26 Å². The third-order valence-electron chi connectivity index (χ3n) is 3.75. The van der Waals surface area contributed by atoms with E-state index in [1.807, 2.05) is 13.8 Å². The molecule has 0 heterocycles. The van der Waals surface area contributed by atoms with Crippen LogP contribution in [0.4, 0.5) is 0 Å². The highest BCUT2D eigenvalue weighted by atomic mass is 16.7. The summed E-state index contributed by atoms with van der Waals surface area (Å²) in [5.41, 5.74) is -1.34. The number of ether oxygens (including phenoxy) is 3. The van der Waals surface area contributed by atoms with Crippen LogP contribution in [0.1, 0.15) is 47.0 Å². The van der Waals surface area contributed by atoms with E-state index in [9.17, 15) is 9.59 Å². The van der Waals surface area contributed by atoms with Gasteiger partial charge in [0.1, 0.15) is 6.61 Å². The number of esters is 2. The van der Waals surface area contributed by atoms with Crippen LogP contribution < -0.4 is 0 Å². The molecule has 0 aliphatic carbocycles. The Balaban J connectivity index is 4.49. The smallest absolute Gasteiger partial charge is 0.313 e. The van der Waals surface area contributed by atoms with Crippen molar-refractivity contribution >= 4 is 11.9 Å². The molecule has 1 unspecified atom stereocenters. The Hall–Kier alpha value is -1.61. The topological polar surface area (TPSA) is 85.6 Å². The van der Waals surface area contributed by atoms with Crippen molar-refractivity contribution < 1.29 is 23.8 Å². The van der Waals surface area contributed by atoms with Crippen molar-refractivity contribution in [1.29, 1.82) is 5.26 Å². The van der Waals surface area contributed by atoms with Gasteiger partial charge in [-0.1, -0.05) is 6.92 Å². The van der Waals surface area contributed by atoms with E-state index in [-0.39, 0.29) is 19.4 Å². The number of carbonyl (C=O) groups excluding carboxylic acids is 2. The van der Waals surface area contributed by atoms with Gasteiger partial charge in [0.15, 0.2) is 6.79 Å². The van der Waals surface area contributed by atoms with Gasteiger partial charge in [0, 0.05) is 0 Å². The van der Waals surface area contributed by atoms with Gasteiger partial charge < -0.3 is 14.2 Å². The largest absolute Gasteiger partial charge is 0.469 e. The highest BCUT2D eigenvalue weighted by Crippen LogP contribution is 2.35. The fraction of sp³-hybridized carbons (Fsp3) is 0.800. The van der Waals surface area contributed by atoms with Gasteiger partial charge in [0.2, 0.25) is 0 Å². The Kier molecular flexibility index (Phi) is 7.97. The van der Waals surface area contributed by atoms with Crippen LogP contribution in [0, 0.1) is 22.2 Å². The molecule has 1 atom stereocenters. The van der Waals surface area contributed by atoms with Gasteiger partial charge in [0.05, 0.1) is 24.0 Å². The monoisotopic (exact) mass is 299 g/mol. The zero-order valence-corrected chi connectivity index (χ0v) is 13.5. The first kappa shape index (κ1) is 19.4. The number of methoxy groups -OCH3 is 1. The molecule has 0 aromatic carbocycles. The third-order valence-corrected chi connectivity index (χ3v) is 3.75. The average molecular weight is 299 g/mol. The molecule has 0 radical (unpaired) electrons. The van der Waals surface area contributed by atoms with E-state index in [0.717, 1.165) is 0 Å². The van der Waals surface area contributed by atoms with E-state index in [4.69, 9.17) is 19.5 Å². The first-order chi connectivity index (χ1) is 9.73. The number of hydrogen-bond donors (Lipinski definition) is 0. The summed E-state index contributed by atoms with van der Waals surface area (Å²) in [6, 6.07) is 1.79. The SMILES string of the molecule is CCC(C)(CCC(C)(C)C(=O)OCOCC#N)C(=O)OC. The fourth-order valence-electron chi connectivity index (χ4n) is 1.74. The number of nitriles is 1. The molecule has 21 heavy (non-hydrogen) atoms. The van der Waals surface area contributed by atoms with E-state index in [1.54, 1.807) is 19.9 Å². The third kappa shape index (κ3) is 6.13. The lowest BCUT2D eigenvalue weighted by Crippen LogP contribution is -2.33. The molecule has 0 aromatic rings. The molecule has 0 amide bonds. The second-order valence-corrected chi connectivity index (χ2v) is 5.85. The lowest BCUT2D eigenvalue weighted by Gasteiger charge is -2.29. The summed E-state index contributed by atoms with van der Waals surface area (Å²) < 4.78 is 14.6. The molecule has 0 bridgehead atoms. The van der Waals surface area contributed by atoms with Crippen molar-refractivity contribution in [3.8, 4) is 6.07 Å². The molecule has 0 rings (SSSR count). The molecule has 0 spiro atoms. The van der Waals surface area contributed by atoms with Gasteiger partial charge in [0.25, 0.3) is 0 Å². The predicted octanol–water partition coefficient (Wildman–Crippen LogP) is 2.42. The Morgan fingerprint density at radius 1 is 1.14 bits per heavy atom. The Morgan fingerprint density at radius 2 is 1.76 bits per heavy atom. The van der Waals surface area contributed by atoms with Crippen molar-refractivity contribution in [2.45, 2.75) is 47.0 Å². The normalized spacial score (nSPS) is 13.9. The molecule has 0 aromatic heterocycles. The molecule has 0 saturated heterocycles. The Labute approximate surface area is 126 Å². The lowest BCUT2D eigenvalue weighted by molar-refractivity contribution is -0.167. The molecule has 0 N–H and O–H groups in total. The average Bonchev–Trinajstić information content (AvgIpc) is 2.48. The minimum absolute atomic E-state index is 0.121. The van der Waals surface area contributed by atoms with Gasteiger partial charge >= 0.3 is 11.9 Å². The summed E-state index contributed by atoms with van der Waals surface area (Å²) in [7, 11) is 1.36. The Bertz CT molecular complexity index is 399. The zero-order valence-electron chi connectivity index (χ0n) is 13.5. The number of rotatable bonds is 9. The second kappa shape index (κ2) is 8.63.